The molecular formula is C13H22N2. The maximum Gasteiger partial charge on any atom is 0.0254 e. The summed E-state index contributed by atoms with van der Waals surface area (Å²) in [5.74, 6) is 0. The van der Waals surface area contributed by atoms with Gasteiger partial charge in [0.1, 0.15) is 0 Å². The van der Waals surface area contributed by atoms with Gasteiger partial charge in [0.15, 0.2) is 0 Å². The molecular weight excluding hydrogens is 184 g/mol. The standard InChI is InChI=1S/C13H22N2/c1-4-14-11-13(15(2)3)10-12-8-6-5-7-9-12/h5-9,13-14H,4,10-11H2,1-3H3. The van der Waals surface area contributed by atoms with Crippen LogP contribution < -0.4 is 5.32 Å². The van der Waals surface area contributed by atoms with Gasteiger partial charge in [-0.3, -0.25) is 0 Å². The summed E-state index contributed by atoms with van der Waals surface area (Å²) < 4.78 is 0. The fourth-order valence-electron chi connectivity index (χ4n) is 1.63. The third-order valence-electron chi connectivity index (χ3n) is 2.67. The van der Waals surface area contributed by atoms with E-state index >= 15 is 0 Å². The normalized spacial score (nSPS) is 13.1. The number of hydrogen-bond acceptors (Lipinski definition) is 2. The number of benzene rings is 1. The molecule has 0 amide bonds. The summed E-state index contributed by atoms with van der Waals surface area (Å²) in [5.41, 5.74) is 1.41. The van der Waals surface area contributed by atoms with Crippen molar-refractivity contribution in [3.8, 4) is 0 Å². The molecule has 0 aromatic heterocycles. The van der Waals surface area contributed by atoms with Gasteiger partial charge in [-0.05, 0) is 32.6 Å². The average Bonchev–Trinajstić information content (AvgIpc) is 2.25. The Morgan fingerprint density at radius 2 is 1.87 bits per heavy atom. The fourth-order valence-corrected chi connectivity index (χ4v) is 1.63. The number of rotatable bonds is 6. The Hall–Kier alpha value is -0.860. The van der Waals surface area contributed by atoms with Crippen molar-refractivity contribution < 1.29 is 0 Å². The SMILES string of the molecule is CCNCC(Cc1ccccc1)N(C)C. The summed E-state index contributed by atoms with van der Waals surface area (Å²) >= 11 is 0. The van der Waals surface area contributed by atoms with Crippen LogP contribution in [-0.4, -0.2) is 38.1 Å². The number of nitrogens with zero attached hydrogens (tertiary/aromatic N) is 1. The highest BCUT2D eigenvalue weighted by Gasteiger charge is 2.10. The lowest BCUT2D eigenvalue weighted by molar-refractivity contribution is 0.283. The topological polar surface area (TPSA) is 15.3 Å². The molecule has 0 aliphatic rings. The van der Waals surface area contributed by atoms with Crippen molar-refractivity contribution in [2.45, 2.75) is 19.4 Å². The smallest absolute Gasteiger partial charge is 0.0254 e. The Morgan fingerprint density at radius 1 is 1.20 bits per heavy atom. The van der Waals surface area contributed by atoms with Gasteiger partial charge in [-0.2, -0.15) is 0 Å². The van der Waals surface area contributed by atoms with Gasteiger partial charge in [-0.25, -0.2) is 0 Å². The van der Waals surface area contributed by atoms with Crippen molar-refractivity contribution in [2.24, 2.45) is 0 Å². The average molecular weight is 206 g/mol. The van der Waals surface area contributed by atoms with Gasteiger partial charge in [-0.15, -0.1) is 0 Å². The van der Waals surface area contributed by atoms with E-state index in [0.29, 0.717) is 6.04 Å². The molecule has 2 heteroatoms. The van der Waals surface area contributed by atoms with E-state index in [0.717, 1.165) is 19.5 Å². The zero-order valence-corrected chi connectivity index (χ0v) is 10.0. The molecule has 0 spiro atoms. The monoisotopic (exact) mass is 206 g/mol. The minimum atomic E-state index is 0.576. The molecule has 1 aromatic rings. The molecule has 0 saturated heterocycles. The van der Waals surface area contributed by atoms with Gasteiger partial charge in [-0.1, -0.05) is 37.3 Å². The zero-order valence-electron chi connectivity index (χ0n) is 10.0. The first-order chi connectivity index (χ1) is 7.24. The van der Waals surface area contributed by atoms with Crippen LogP contribution in [0.5, 0.6) is 0 Å². The Kier molecular flexibility index (Phi) is 5.37. The molecule has 1 unspecified atom stereocenters. The predicted molar refractivity (Wildman–Crippen MR) is 66.2 cm³/mol. The van der Waals surface area contributed by atoms with Crippen molar-refractivity contribution in [2.75, 3.05) is 27.2 Å². The second-order valence-corrected chi connectivity index (χ2v) is 4.11. The largest absolute Gasteiger partial charge is 0.315 e. The summed E-state index contributed by atoms with van der Waals surface area (Å²) in [6.07, 6.45) is 1.11. The van der Waals surface area contributed by atoms with Crippen molar-refractivity contribution in [1.82, 2.24) is 10.2 Å². The van der Waals surface area contributed by atoms with Crippen LogP contribution >= 0.6 is 0 Å². The molecule has 0 aliphatic carbocycles. The Balaban J connectivity index is 2.51. The van der Waals surface area contributed by atoms with Crippen LogP contribution in [0.2, 0.25) is 0 Å². The van der Waals surface area contributed by atoms with Crippen LogP contribution in [0.3, 0.4) is 0 Å². The maximum absolute atomic E-state index is 3.41. The quantitative estimate of drug-likeness (QED) is 0.763. The molecule has 84 valence electrons. The van der Waals surface area contributed by atoms with Gasteiger partial charge in [0, 0.05) is 12.6 Å². The van der Waals surface area contributed by atoms with Gasteiger partial charge < -0.3 is 10.2 Å². The zero-order chi connectivity index (χ0) is 11.1. The second-order valence-electron chi connectivity index (χ2n) is 4.11. The summed E-state index contributed by atoms with van der Waals surface area (Å²) in [6.45, 7) is 4.24. The third kappa shape index (κ3) is 4.45. The molecule has 0 bridgehead atoms. The van der Waals surface area contributed by atoms with E-state index in [4.69, 9.17) is 0 Å². The highest BCUT2D eigenvalue weighted by atomic mass is 15.1. The predicted octanol–water partition coefficient (Wildman–Crippen LogP) is 1.77. The maximum atomic E-state index is 3.41. The van der Waals surface area contributed by atoms with Crippen molar-refractivity contribution in [3.05, 3.63) is 35.9 Å². The molecule has 0 heterocycles. The van der Waals surface area contributed by atoms with Crippen LogP contribution in [0, 0.1) is 0 Å². The molecule has 1 N–H and O–H groups in total. The van der Waals surface area contributed by atoms with Crippen molar-refractivity contribution in [3.63, 3.8) is 0 Å². The van der Waals surface area contributed by atoms with Crippen LogP contribution in [-0.2, 0) is 6.42 Å². The van der Waals surface area contributed by atoms with E-state index in [1.54, 1.807) is 0 Å². The first-order valence-electron chi connectivity index (χ1n) is 5.65. The van der Waals surface area contributed by atoms with Gasteiger partial charge in [0.05, 0.1) is 0 Å². The van der Waals surface area contributed by atoms with E-state index in [1.165, 1.54) is 5.56 Å². The van der Waals surface area contributed by atoms with Gasteiger partial charge in [0.25, 0.3) is 0 Å². The summed E-state index contributed by atoms with van der Waals surface area (Å²) in [5, 5.41) is 3.41. The van der Waals surface area contributed by atoms with E-state index in [2.05, 4.69) is 61.6 Å². The van der Waals surface area contributed by atoms with Gasteiger partial charge in [0.2, 0.25) is 0 Å². The summed E-state index contributed by atoms with van der Waals surface area (Å²) in [6, 6.07) is 11.3. The van der Waals surface area contributed by atoms with E-state index in [1.807, 2.05) is 0 Å². The highest BCUT2D eigenvalue weighted by molar-refractivity contribution is 5.15. The highest BCUT2D eigenvalue weighted by Crippen LogP contribution is 2.05. The molecule has 0 aliphatic heterocycles. The molecule has 15 heavy (non-hydrogen) atoms. The van der Waals surface area contributed by atoms with Crippen LogP contribution in [0.4, 0.5) is 0 Å². The van der Waals surface area contributed by atoms with Crippen molar-refractivity contribution >= 4 is 0 Å². The third-order valence-corrected chi connectivity index (χ3v) is 2.67. The lowest BCUT2D eigenvalue weighted by atomic mass is 10.1. The molecule has 0 saturated carbocycles. The second kappa shape index (κ2) is 6.59. The molecule has 0 fully saturated rings. The summed E-state index contributed by atoms with van der Waals surface area (Å²) in [7, 11) is 4.29. The Bertz CT molecular complexity index is 256. The van der Waals surface area contributed by atoms with Gasteiger partial charge >= 0.3 is 0 Å². The molecule has 1 aromatic carbocycles. The number of nitrogens with one attached hydrogen (secondary N) is 1. The minimum Gasteiger partial charge on any atom is -0.315 e. The molecule has 2 nitrogen and oxygen atoms in total. The fraction of sp³-hybridized carbons (Fsp3) is 0.538. The first-order valence-corrected chi connectivity index (χ1v) is 5.65. The van der Waals surface area contributed by atoms with E-state index < -0.39 is 0 Å². The van der Waals surface area contributed by atoms with Crippen molar-refractivity contribution in [1.29, 1.82) is 0 Å². The van der Waals surface area contributed by atoms with Crippen LogP contribution in [0.1, 0.15) is 12.5 Å². The Morgan fingerprint density at radius 3 is 2.40 bits per heavy atom. The lowest BCUT2D eigenvalue weighted by Gasteiger charge is -2.24. The molecule has 1 atom stereocenters. The van der Waals surface area contributed by atoms with Crippen LogP contribution in [0.25, 0.3) is 0 Å². The number of hydrogen-bond donors (Lipinski definition) is 1. The van der Waals surface area contributed by atoms with E-state index in [9.17, 15) is 0 Å². The molecule has 0 radical (unpaired) electrons. The van der Waals surface area contributed by atoms with E-state index in [-0.39, 0.29) is 0 Å². The van der Waals surface area contributed by atoms with Crippen LogP contribution in [0.15, 0.2) is 30.3 Å². The minimum absolute atomic E-state index is 0.576. The Labute approximate surface area is 93.3 Å². The first kappa shape index (κ1) is 12.2. The number of likely N-dealkylation sites (N-methyl/N-ethyl adjacent to an activating group) is 2. The molecule has 1 rings (SSSR count). The summed E-state index contributed by atoms with van der Waals surface area (Å²) in [4.78, 5) is 2.29. The lowest BCUT2D eigenvalue weighted by Crippen LogP contribution is -2.39.